The van der Waals surface area contributed by atoms with Gasteiger partial charge in [-0.25, -0.2) is 0 Å². The van der Waals surface area contributed by atoms with Crippen LogP contribution in [0.5, 0.6) is 0 Å². The van der Waals surface area contributed by atoms with Gasteiger partial charge < -0.3 is 15.6 Å². The van der Waals surface area contributed by atoms with Gasteiger partial charge in [0.25, 0.3) is 0 Å². The smallest absolute Gasteiger partial charge is 0.322 e. The van der Waals surface area contributed by atoms with Gasteiger partial charge in [-0.15, -0.1) is 0 Å². The number of ether oxygens (including phenoxy) is 1. The summed E-state index contributed by atoms with van der Waals surface area (Å²) in [7, 11) is 0. The van der Waals surface area contributed by atoms with E-state index < -0.39 is 29.5 Å². The van der Waals surface area contributed by atoms with Gasteiger partial charge in [-0.1, -0.05) is 12.1 Å². The summed E-state index contributed by atoms with van der Waals surface area (Å²) in [5, 5.41) is 18.0. The van der Waals surface area contributed by atoms with Gasteiger partial charge in [0.2, 0.25) is 0 Å². The van der Waals surface area contributed by atoms with Crippen molar-refractivity contribution in [3.8, 4) is 6.07 Å². The Bertz CT molecular complexity index is 582. The number of nitrogens with two attached hydrogens (primary N) is 1. The van der Waals surface area contributed by atoms with Crippen molar-refractivity contribution >= 4 is 11.9 Å². The number of nitrogens with zero attached hydrogens (tertiary/aromatic N) is 1. The zero-order valence-corrected chi connectivity index (χ0v) is 12.9. The Balaban J connectivity index is 2.85. The Morgan fingerprint density at radius 1 is 1.32 bits per heavy atom. The van der Waals surface area contributed by atoms with Gasteiger partial charge >= 0.3 is 11.9 Å². The van der Waals surface area contributed by atoms with Crippen LogP contribution in [0.4, 0.5) is 0 Å². The molecule has 0 saturated heterocycles. The van der Waals surface area contributed by atoms with E-state index in [1.54, 1.807) is 45.0 Å². The predicted molar refractivity (Wildman–Crippen MR) is 79.8 cm³/mol. The number of hydrogen-bond donors (Lipinski definition) is 2. The number of nitriles is 1. The molecule has 0 radical (unpaired) electrons. The first-order valence-corrected chi connectivity index (χ1v) is 6.84. The van der Waals surface area contributed by atoms with Gasteiger partial charge in [-0.3, -0.25) is 9.59 Å². The molecule has 2 atom stereocenters. The molecule has 0 aromatic heterocycles. The fourth-order valence-electron chi connectivity index (χ4n) is 1.93. The molecule has 118 valence electrons. The van der Waals surface area contributed by atoms with Gasteiger partial charge in [0.15, 0.2) is 5.92 Å². The number of rotatable bonds is 5. The van der Waals surface area contributed by atoms with Crippen LogP contribution in [0.25, 0.3) is 0 Å². The maximum Gasteiger partial charge on any atom is 0.322 e. The average molecular weight is 304 g/mol. The zero-order chi connectivity index (χ0) is 16.9. The van der Waals surface area contributed by atoms with Crippen molar-refractivity contribution in [2.24, 2.45) is 11.7 Å². The van der Waals surface area contributed by atoms with Gasteiger partial charge in [0, 0.05) is 6.04 Å². The molecule has 22 heavy (non-hydrogen) atoms. The summed E-state index contributed by atoms with van der Waals surface area (Å²) in [5.74, 6) is -3.59. The molecular weight excluding hydrogens is 284 g/mol. The molecular formula is C16H20N2O4. The van der Waals surface area contributed by atoms with Crippen LogP contribution in [-0.4, -0.2) is 28.7 Å². The normalized spacial score (nSPS) is 13.8. The molecule has 1 aromatic carbocycles. The molecule has 0 amide bonds. The lowest BCUT2D eigenvalue weighted by Gasteiger charge is -2.25. The second-order valence-electron chi connectivity index (χ2n) is 6.03. The van der Waals surface area contributed by atoms with Crippen LogP contribution in [0.2, 0.25) is 0 Å². The predicted octanol–water partition coefficient (Wildman–Crippen LogP) is 1.47. The molecule has 0 bridgehead atoms. The second-order valence-corrected chi connectivity index (χ2v) is 6.03. The summed E-state index contributed by atoms with van der Waals surface area (Å²) < 4.78 is 5.11. The minimum atomic E-state index is -1.44. The first-order chi connectivity index (χ1) is 10.1. The standard InChI is InChI=1S/C16H20N2O4/c1-16(2,3)22-15(21)13(14(19)20)12(18)8-10-4-6-11(9-17)7-5-10/h4-7,12-13H,8,18H2,1-3H3,(H,19,20)/t12-,13+/m0/s1. The van der Waals surface area contributed by atoms with E-state index >= 15 is 0 Å². The number of hydrogen-bond acceptors (Lipinski definition) is 5. The molecule has 0 fully saturated rings. The summed E-state index contributed by atoms with van der Waals surface area (Å²) in [5.41, 5.74) is 6.37. The first-order valence-electron chi connectivity index (χ1n) is 6.84. The van der Waals surface area contributed by atoms with Crippen LogP contribution in [0.3, 0.4) is 0 Å². The summed E-state index contributed by atoms with van der Waals surface area (Å²) in [6, 6.07) is 7.68. The van der Waals surface area contributed by atoms with Crippen LogP contribution in [0, 0.1) is 17.2 Å². The molecule has 6 nitrogen and oxygen atoms in total. The van der Waals surface area contributed by atoms with Crippen LogP contribution in [-0.2, 0) is 20.7 Å². The zero-order valence-electron chi connectivity index (χ0n) is 12.9. The van der Waals surface area contributed by atoms with E-state index in [0.29, 0.717) is 5.56 Å². The molecule has 6 heteroatoms. The monoisotopic (exact) mass is 304 g/mol. The summed E-state index contributed by atoms with van der Waals surface area (Å²) >= 11 is 0. The highest BCUT2D eigenvalue weighted by Gasteiger charge is 2.36. The van der Waals surface area contributed by atoms with Crippen LogP contribution >= 0.6 is 0 Å². The van der Waals surface area contributed by atoms with Crippen molar-refractivity contribution < 1.29 is 19.4 Å². The summed E-state index contributed by atoms with van der Waals surface area (Å²) in [6.45, 7) is 4.99. The van der Waals surface area contributed by atoms with Gasteiger partial charge in [0.05, 0.1) is 11.6 Å². The van der Waals surface area contributed by atoms with Crippen LogP contribution < -0.4 is 5.73 Å². The Labute approximate surface area is 129 Å². The lowest BCUT2D eigenvalue weighted by Crippen LogP contribution is -2.45. The minimum Gasteiger partial charge on any atom is -0.481 e. The molecule has 1 rings (SSSR count). The lowest BCUT2D eigenvalue weighted by atomic mass is 9.93. The molecule has 0 saturated carbocycles. The maximum absolute atomic E-state index is 12.0. The third kappa shape index (κ3) is 5.19. The van der Waals surface area contributed by atoms with Crippen molar-refractivity contribution in [1.29, 1.82) is 5.26 Å². The van der Waals surface area contributed by atoms with Crippen molar-refractivity contribution in [3.63, 3.8) is 0 Å². The van der Waals surface area contributed by atoms with Crippen LogP contribution in [0.15, 0.2) is 24.3 Å². The quantitative estimate of drug-likeness (QED) is 0.629. The molecule has 0 aliphatic carbocycles. The fraction of sp³-hybridized carbons (Fsp3) is 0.438. The highest BCUT2D eigenvalue weighted by atomic mass is 16.6. The molecule has 0 spiro atoms. The highest BCUT2D eigenvalue weighted by Crippen LogP contribution is 2.16. The van der Waals surface area contributed by atoms with Gasteiger partial charge in [-0.2, -0.15) is 5.26 Å². The van der Waals surface area contributed by atoms with E-state index in [2.05, 4.69) is 0 Å². The van der Waals surface area contributed by atoms with Crippen molar-refractivity contribution in [2.45, 2.75) is 38.8 Å². The lowest BCUT2D eigenvalue weighted by molar-refractivity contribution is -0.167. The summed E-state index contributed by atoms with van der Waals surface area (Å²) in [6.07, 6.45) is 0.196. The number of carboxylic acids is 1. The third-order valence-electron chi connectivity index (χ3n) is 2.91. The van der Waals surface area contributed by atoms with Crippen molar-refractivity contribution in [3.05, 3.63) is 35.4 Å². The molecule has 1 aromatic rings. The van der Waals surface area contributed by atoms with Crippen LogP contribution in [0.1, 0.15) is 31.9 Å². The van der Waals surface area contributed by atoms with E-state index in [-0.39, 0.29) is 6.42 Å². The fourth-order valence-corrected chi connectivity index (χ4v) is 1.93. The summed E-state index contributed by atoms with van der Waals surface area (Å²) in [4.78, 5) is 23.3. The number of aliphatic carboxylic acids is 1. The number of esters is 1. The average Bonchev–Trinajstić information content (AvgIpc) is 2.36. The first kappa shape index (κ1) is 17.7. The van der Waals surface area contributed by atoms with E-state index in [9.17, 15) is 14.7 Å². The largest absolute Gasteiger partial charge is 0.481 e. The molecule has 0 aliphatic rings. The Morgan fingerprint density at radius 2 is 1.86 bits per heavy atom. The Hall–Kier alpha value is -2.39. The Kier molecular flexibility index (Phi) is 5.66. The second kappa shape index (κ2) is 7.05. The number of carbonyl (C=O) groups is 2. The van der Waals surface area contributed by atoms with Gasteiger partial charge in [-0.05, 0) is 44.9 Å². The van der Waals surface area contributed by atoms with E-state index in [1.807, 2.05) is 6.07 Å². The SMILES string of the molecule is CC(C)(C)OC(=O)[C@@H](C(=O)O)[C@@H](N)Cc1ccc(C#N)cc1. The highest BCUT2D eigenvalue weighted by molar-refractivity contribution is 5.95. The number of benzene rings is 1. The molecule has 0 heterocycles. The molecule has 3 N–H and O–H groups in total. The molecule has 0 aliphatic heterocycles. The number of carbonyl (C=O) groups excluding carboxylic acids is 1. The topological polar surface area (TPSA) is 113 Å². The van der Waals surface area contributed by atoms with Gasteiger partial charge in [0.1, 0.15) is 5.60 Å². The van der Waals surface area contributed by atoms with E-state index in [0.717, 1.165) is 5.56 Å². The Morgan fingerprint density at radius 3 is 2.27 bits per heavy atom. The van der Waals surface area contributed by atoms with Crippen molar-refractivity contribution in [2.75, 3.05) is 0 Å². The number of carboxylic acid groups (broad SMARTS) is 1. The minimum absolute atomic E-state index is 0.196. The van der Waals surface area contributed by atoms with E-state index in [4.69, 9.17) is 15.7 Å². The van der Waals surface area contributed by atoms with E-state index in [1.165, 1.54) is 0 Å². The third-order valence-corrected chi connectivity index (χ3v) is 2.91. The molecule has 0 unspecified atom stereocenters. The van der Waals surface area contributed by atoms with Crippen molar-refractivity contribution in [1.82, 2.24) is 0 Å². The maximum atomic E-state index is 12.0.